The van der Waals surface area contributed by atoms with Crippen molar-refractivity contribution in [2.24, 2.45) is 11.3 Å². The molecule has 3 rings (SSSR count). The number of amides is 2. The van der Waals surface area contributed by atoms with E-state index in [1.807, 2.05) is 25.7 Å². The normalized spacial score (nSPS) is 19.8. The highest BCUT2D eigenvalue weighted by Gasteiger charge is 2.32. The molecule has 1 N–H and O–H groups in total. The Kier molecular flexibility index (Phi) is 6.43. The van der Waals surface area contributed by atoms with Crippen molar-refractivity contribution in [3.63, 3.8) is 0 Å². The van der Waals surface area contributed by atoms with E-state index in [0.29, 0.717) is 25.7 Å². The minimum Gasteiger partial charge on any atom is -0.354 e. The lowest BCUT2D eigenvalue weighted by molar-refractivity contribution is -0.142. The summed E-state index contributed by atoms with van der Waals surface area (Å²) in [6.07, 6.45) is 2.60. The number of likely N-dealkylation sites (tertiary alicyclic amines) is 1. The van der Waals surface area contributed by atoms with Gasteiger partial charge in [-0.3, -0.25) is 14.5 Å². The van der Waals surface area contributed by atoms with Gasteiger partial charge in [0.15, 0.2) is 0 Å². The van der Waals surface area contributed by atoms with Crippen LogP contribution in [0.1, 0.15) is 51.7 Å². The topological polar surface area (TPSA) is 52.7 Å². The molecule has 2 aliphatic heterocycles. The number of rotatable bonds is 4. The van der Waals surface area contributed by atoms with Crippen LogP contribution < -0.4 is 5.32 Å². The average molecular weight is 386 g/mol. The van der Waals surface area contributed by atoms with Gasteiger partial charge in [-0.2, -0.15) is 0 Å². The van der Waals surface area contributed by atoms with E-state index < -0.39 is 0 Å². The molecule has 2 heterocycles. The number of carbonyl (C=O) groups excluding carboxylic acids is 2. The Morgan fingerprint density at radius 3 is 2.39 bits per heavy atom. The second-order valence-corrected chi connectivity index (χ2v) is 9.40. The molecular weight excluding hydrogens is 350 g/mol. The molecule has 1 saturated heterocycles. The van der Waals surface area contributed by atoms with E-state index in [1.165, 1.54) is 11.1 Å². The molecule has 28 heavy (non-hydrogen) atoms. The van der Waals surface area contributed by atoms with E-state index in [9.17, 15) is 9.59 Å². The fourth-order valence-corrected chi connectivity index (χ4v) is 4.23. The van der Waals surface area contributed by atoms with Gasteiger partial charge in [-0.05, 0) is 37.3 Å². The lowest BCUT2D eigenvalue weighted by Crippen LogP contribution is -2.48. The molecule has 2 aliphatic rings. The SMILES string of the molecule is CC(CNC(=O)C1CCN(C(=O)C(C)(C)C)CC1)N1CCc2ccccc2C1. The Hall–Kier alpha value is -1.88. The number of piperidine rings is 1. The molecule has 0 bridgehead atoms. The third-order valence-corrected chi connectivity index (χ3v) is 6.15. The first kappa shape index (κ1) is 20.8. The number of nitrogens with one attached hydrogen (secondary N) is 1. The number of carbonyl (C=O) groups is 2. The van der Waals surface area contributed by atoms with Crippen molar-refractivity contribution in [1.82, 2.24) is 15.1 Å². The number of benzene rings is 1. The molecule has 0 radical (unpaired) electrons. The highest BCUT2D eigenvalue weighted by Crippen LogP contribution is 2.24. The maximum atomic E-state index is 12.6. The fourth-order valence-electron chi connectivity index (χ4n) is 4.23. The summed E-state index contributed by atoms with van der Waals surface area (Å²) >= 11 is 0. The van der Waals surface area contributed by atoms with Crippen molar-refractivity contribution in [2.75, 3.05) is 26.2 Å². The second kappa shape index (κ2) is 8.64. The Morgan fingerprint density at radius 2 is 1.75 bits per heavy atom. The molecule has 154 valence electrons. The summed E-state index contributed by atoms with van der Waals surface area (Å²) in [5.74, 6) is 0.357. The highest BCUT2D eigenvalue weighted by molar-refractivity contribution is 5.82. The standard InChI is InChI=1S/C23H35N3O2/c1-17(26-14-9-18-7-5-6-8-20(18)16-26)15-24-21(27)19-10-12-25(13-11-19)22(28)23(2,3)4/h5-8,17,19H,9-16H2,1-4H3,(H,24,27). The van der Waals surface area contributed by atoms with Gasteiger partial charge in [0, 0.05) is 50.1 Å². The summed E-state index contributed by atoms with van der Waals surface area (Å²) in [4.78, 5) is 29.4. The zero-order chi connectivity index (χ0) is 20.3. The van der Waals surface area contributed by atoms with Crippen LogP contribution in [0.15, 0.2) is 24.3 Å². The molecule has 1 aromatic carbocycles. The van der Waals surface area contributed by atoms with Gasteiger partial charge in [0.1, 0.15) is 0 Å². The molecule has 1 unspecified atom stereocenters. The summed E-state index contributed by atoms with van der Waals surface area (Å²) in [5, 5.41) is 3.16. The summed E-state index contributed by atoms with van der Waals surface area (Å²) in [7, 11) is 0. The number of nitrogens with zero attached hydrogens (tertiary/aromatic N) is 2. The summed E-state index contributed by atoms with van der Waals surface area (Å²) in [6.45, 7) is 12.1. The molecule has 1 aromatic rings. The van der Waals surface area contributed by atoms with Gasteiger partial charge in [-0.15, -0.1) is 0 Å². The molecule has 0 spiro atoms. The molecule has 1 atom stereocenters. The van der Waals surface area contributed by atoms with Crippen LogP contribution in [0.4, 0.5) is 0 Å². The predicted molar refractivity (Wildman–Crippen MR) is 112 cm³/mol. The molecule has 0 aromatic heterocycles. The Bertz CT molecular complexity index is 702. The van der Waals surface area contributed by atoms with Gasteiger partial charge in [0.05, 0.1) is 0 Å². The summed E-state index contributed by atoms with van der Waals surface area (Å²) in [5.41, 5.74) is 2.51. The highest BCUT2D eigenvalue weighted by atomic mass is 16.2. The fraction of sp³-hybridized carbons (Fsp3) is 0.652. The first-order valence-corrected chi connectivity index (χ1v) is 10.6. The number of hydrogen-bond donors (Lipinski definition) is 1. The third kappa shape index (κ3) is 4.93. The van der Waals surface area contributed by atoms with Gasteiger partial charge < -0.3 is 10.2 Å². The molecule has 0 aliphatic carbocycles. The lowest BCUT2D eigenvalue weighted by atomic mass is 9.90. The van der Waals surface area contributed by atoms with Crippen LogP contribution in [-0.4, -0.2) is 53.8 Å². The monoisotopic (exact) mass is 385 g/mol. The summed E-state index contributed by atoms with van der Waals surface area (Å²) in [6, 6.07) is 8.96. The summed E-state index contributed by atoms with van der Waals surface area (Å²) < 4.78 is 0. The van der Waals surface area contributed by atoms with Gasteiger partial charge in [0.25, 0.3) is 0 Å². The Morgan fingerprint density at radius 1 is 1.11 bits per heavy atom. The minimum atomic E-state index is -0.350. The molecule has 1 fully saturated rings. The van der Waals surface area contributed by atoms with Crippen LogP contribution >= 0.6 is 0 Å². The van der Waals surface area contributed by atoms with Crippen LogP contribution in [0.25, 0.3) is 0 Å². The number of fused-ring (bicyclic) bond motifs is 1. The molecule has 5 heteroatoms. The quantitative estimate of drug-likeness (QED) is 0.867. The molecule has 2 amide bonds. The van der Waals surface area contributed by atoms with Crippen LogP contribution in [0.3, 0.4) is 0 Å². The molecule has 0 saturated carbocycles. The van der Waals surface area contributed by atoms with Crippen LogP contribution in [0.5, 0.6) is 0 Å². The van der Waals surface area contributed by atoms with Crippen molar-refractivity contribution < 1.29 is 9.59 Å². The molecular formula is C23H35N3O2. The van der Waals surface area contributed by atoms with E-state index in [0.717, 1.165) is 32.4 Å². The van der Waals surface area contributed by atoms with E-state index in [1.54, 1.807) is 0 Å². The largest absolute Gasteiger partial charge is 0.354 e. The average Bonchev–Trinajstić information content (AvgIpc) is 2.70. The minimum absolute atomic E-state index is 0.0262. The van der Waals surface area contributed by atoms with Gasteiger partial charge in [-0.1, -0.05) is 45.0 Å². The van der Waals surface area contributed by atoms with Gasteiger partial charge >= 0.3 is 0 Å². The van der Waals surface area contributed by atoms with E-state index in [-0.39, 0.29) is 23.1 Å². The zero-order valence-electron chi connectivity index (χ0n) is 17.8. The maximum Gasteiger partial charge on any atom is 0.227 e. The second-order valence-electron chi connectivity index (χ2n) is 9.40. The van der Waals surface area contributed by atoms with Gasteiger partial charge in [-0.25, -0.2) is 0 Å². The Labute approximate surface area is 169 Å². The predicted octanol–water partition coefficient (Wildman–Crippen LogP) is 2.83. The van der Waals surface area contributed by atoms with E-state index in [2.05, 4.69) is 41.4 Å². The lowest BCUT2D eigenvalue weighted by Gasteiger charge is -2.36. The Balaban J connectivity index is 1.43. The van der Waals surface area contributed by atoms with Crippen molar-refractivity contribution >= 4 is 11.8 Å². The first-order valence-electron chi connectivity index (χ1n) is 10.6. The van der Waals surface area contributed by atoms with Crippen molar-refractivity contribution in [3.8, 4) is 0 Å². The van der Waals surface area contributed by atoms with E-state index >= 15 is 0 Å². The van der Waals surface area contributed by atoms with Crippen molar-refractivity contribution in [1.29, 1.82) is 0 Å². The van der Waals surface area contributed by atoms with Crippen LogP contribution in [0, 0.1) is 11.3 Å². The van der Waals surface area contributed by atoms with Crippen LogP contribution in [0.2, 0.25) is 0 Å². The molecule has 5 nitrogen and oxygen atoms in total. The third-order valence-electron chi connectivity index (χ3n) is 6.15. The first-order chi connectivity index (χ1) is 13.3. The van der Waals surface area contributed by atoms with Crippen molar-refractivity contribution in [2.45, 2.75) is 59.5 Å². The zero-order valence-corrected chi connectivity index (χ0v) is 17.8. The number of hydrogen-bond acceptors (Lipinski definition) is 3. The van der Waals surface area contributed by atoms with Gasteiger partial charge in [0.2, 0.25) is 11.8 Å². The van der Waals surface area contributed by atoms with Crippen molar-refractivity contribution in [3.05, 3.63) is 35.4 Å². The smallest absolute Gasteiger partial charge is 0.227 e. The van der Waals surface area contributed by atoms with E-state index in [4.69, 9.17) is 0 Å². The maximum absolute atomic E-state index is 12.6. The van der Waals surface area contributed by atoms with Crippen LogP contribution in [-0.2, 0) is 22.6 Å².